The number of hydrogen-bond acceptors (Lipinski definition) is 3. The monoisotopic (exact) mass is 251 g/mol. The molecule has 0 atom stereocenters. The van der Waals surface area contributed by atoms with Crippen LogP contribution in [0.2, 0.25) is 0 Å². The Morgan fingerprint density at radius 2 is 2.33 bits per heavy atom. The molecule has 1 aromatic rings. The predicted molar refractivity (Wildman–Crippen MR) is 67.8 cm³/mol. The summed E-state index contributed by atoms with van der Waals surface area (Å²) in [5, 5.41) is 10.7. The van der Waals surface area contributed by atoms with E-state index >= 15 is 0 Å². The Hall–Kier alpha value is -1.59. The minimum Gasteiger partial charge on any atom is -0.332 e. The fourth-order valence-corrected chi connectivity index (χ4v) is 1.85. The zero-order valence-corrected chi connectivity index (χ0v) is 11.3. The van der Waals surface area contributed by atoms with Gasteiger partial charge in [0.2, 0.25) is 0 Å². The van der Waals surface area contributed by atoms with Crippen molar-refractivity contribution >= 4 is 6.03 Å². The quantitative estimate of drug-likeness (QED) is 0.853. The molecule has 0 aliphatic heterocycles. The highest BCUT2D eigenvalue weighted by atomic mass is 16.2. The summed E-state index contributed by atoms with van der Waals surface area (Å²) in [6.45, 7) is 5.39. The van der Waals surface area contributed by atoms with Crippen LogP contribution in [0.1, 0.15) is 32.4 Å². The highest BCUT2D eigenvalue weighted by Crippen LogP contribution is 2.30. The molecule has 6 heteroatoms. The fraction of sp³-hybridized carbons (Fsp3) is 0.750. The Morgan fingerprint density at radius 1 is 1.61 bits per heavy atom. The van der Waals surface area contributed by atoms with Gasteiger partial charge in [-0.3, -0.25) is 4.68 Å². The molecule has 6 nitrogen and oxygen atoms in total. The van der Waals surface area contributed by atoms with E-state index in [1.807, 2.05) is 25.8 Å². The molecule has 100 valence electrons. The molecule has 2 rings (SSSR count). The average Bonchev–Trinajstić information content (AvgIpc) is 3.04. The van der Waals surface area contributed by atoms with Gasteiger partial charge in [0.1, 0.15) is 5.69 Å². The van der Waals surface area contributed by atoms with Gasteiger partial charge in [0, 0.05) is 25.8 Å². The highest BCUT2D eigenvalue weighted by Gasteiger charge is 2.28. The summed E-state index contributed by atoms with van der Waals surface area (Å²) >= 11 is 0. The van der Waals surface area contributed by atoms with Gasteiger partial charge >= 0.3 is 6.03 Å². The zero-order valence-electron chi connectivity index (χ0n) is 11.3. The zero-order chi connectivity index (χ0) is 13.1. The molecule has 0 bridgehead atoms. The lowest BCUT2D eigenvalue weighted by atomic mass is 10.3. The van der Waals surface area contributed by atoms with Gasteiger partial charge in [-0.15, -0.1) is 5.10 Å². The van der Waals surface area contributed by atoms with Gasteiger partial charge in [-0.05, 0) is 32.6 Å². The summed E-state index contributed by atoms with van der Waals surface area (Å²) in [5.74, 6) is 0.703. The van der Waals surface area contributed by atoms with Gasteiger partial charge in [0.05, 0.1) is 6.54 Å². The Bertz CT molecular complexity index is 410. The van der Waals surface area contributed by atoms with Crippen LogP contribution in [0.25, 0.3) is 0 Å². The van der Waals surface area contributed by atoms with E-state index < -0.39 is 0 Å². The number of aromatic nitrogens is 3. The lowest BCUT2D eigenvalue weighted by Crippen LogP contribution is -2.44. The number of carbonyl (C=O) groups is 1. The summed E-state index contributed by atoms with van der Waals surface area (Å²) in [7, 11) is 1.81. The molecule has 1 aliphatic carbocycles. The van der Waals surface area contributed by atoms with Crippen molar-refractivity contribution in [2.45, 2.75) is 39.3 Å². The van der Waals surface area contributed by atoms with Gasteiger partial charge < -0.3 is 10.2 Å². The third-order valence-electron chi connectivity index (χ3n) is 3.11. The molecule has 1 saturated carbocycles. The molecule has 1 aromatic heterocycles. The maximum Gasteiger partial charge on any atom is 0.317 e. The van der Waals surface area contributed by atoms with Crippen LogP contribution in [0.15, 0.2) is 6.20 Å². The molecule has 1 aliphatic rings. The number of amides is 2. The SMILES string of the molecule is CC(C)N(CC1CC1)C(=O)NCc1cn(C)nn1. The maximum absolute atomic E-state index is 12.1. The van der Waals surface area contributed by atoms with E-state index in [2.05, 4.69) is 15.6 Å². The molecule has 0 aromatic carbocycles. The smallest absolute Gasteiger partial charge is 0.317 e. The number of carbonyl (C=O) groups excluding carboxylic acids is 1. The second-order valence-electron chi connectivity index (χ2n) is 5.23. The molecule has 18 heavy (non-hydrogen) atoms. The van der Waals surface area contributed by atoms with Crippen molar-refractivity contribution in [3.05, 3.63) is 11.9 Å². The third-order valence-corrected chi connectivity index (χ3v) is 3.11. The first-order valence-electron chi connectivity index (χ1n) is 6.46. The summed E-state index contributed by atoms with van der Waals surface area (Å²) in [6, 6.07) is 0.218. The summed E-state index contributed by atoms with van der Waals surface area (Å²) in [4.78, 5) is 14.0. The van der Waals surface area contributed by atoms with Crippen LogP contribution >= 0.6 is 0 Å². The van der Waals surface area contributed by atoms with E-state index in [0.29, 0.717) is 12.5 Å². The number of aryl methyl sites for hydroxylation is 1. The normalized spacial score (nSPS) is 14.9. The van der Waals surface area contributed by atoms with Crippen LogP contribution in [0, 0.1) is 5.92 Å². The first-order chi connectivity index (χ1) is 8.56. The number of nitrogens with zero attached hydrogens (tertiary/aromatic N) is 4. The minimum absolute atomic E-state index is 0.0115. The second kappa shape index (κ2) is 5.37. The lowest BCUT2D eigenvalue weighted by molar-refractivity contribution is 0.179. The van der Waals surface area contributed by atoms with Crippen molar-refractivity contribution in [1.82, 2.24) is 25.2 Å². The van der Waals surface area contributed by atoms with Gasteiger partial charge in [-0.2, -0.15) is 0 Å². The summed E-state index contributed by atoms with van der Waals surface area (Å²) < 4.78 is 1.63. The Balaban J connectivity index is 1.84. The molecule has 1 heterocycles. The first-order valence-corrected chi connectivity index (χ1v) is 6.46. The van der Waals surface area contributed by atoms with Crippen LogP contribution in [0.5, 0.6) is 0 Å². The van der Waals surface area contributed by atoms with E-state index in [1.54, 1.807) is 10.9 Å². The largest absolute Gasteiger partial charge is 0.332 e. The van der Waals surface area contributed by atoms with Crippen molar-refractivity contribution in [3.8, 4) is 0 Å². The molecular weight excluding hydrogens is 230 g/mol. The number of hydrogen-bond donors (Lipinski definition) is 1. The Kier molecular flexibility index (Phi) is 3.84. The summed E-state index contributed by atoms with van der Waals surface area (Å²) in [6.07, 6.45) is 4.31. The second-order valence-corrected chi connectivity index (χ2v) is 5.23. The summed E-state index contributed by atoms with van der Waals surface area (Å²) in [5.41, 5.74) is 0.779. The third kappa shape index (κ3) is 3.45. The van der Waals surface area contributed by atoms with Gasteiger partial charge in [0.15, 0.2) is 0 Å². The van der Waals surface area contributed by atoms with Crippen LogP contribution in [0.4, 0.5) is 4.79 Å². The average molecular weight is 251 g/mol. The van der Waals surface area contributed by atoms with Crippen LogP contribution < -0.4 is 5.32 Å². The number of urea groups is 1. The molecule has 0 radical (unpaired) electrons. The molecular formula is C12H21N5O. The molecule has 1 fully saturated rings. The van der Waals surface area contributed by atoms with Crippen molar-refractivity contribution in [2.24, 2.45) is 13.0 Å². The van der Waals surface area contributed by atoms with Gasteiger partial charge in [-0.25, -0.2) is 4.79 Å². The predicted octanol–water partition coefficient (Wildman–Crippen LogP) is 1.15. The lowest BCUT2D eigenvalue weighted by Gasteiger charge is -2.26. The van der Waals surface area contributed by atoms with E-state index in [1.165, 1.54) is 12.8 Å². The van der Waals surface area contributed by atoms with E-state index in [4.69, 9.17) is 0 Å². The molecule has 2 amide bonds. The van der Waals surface area contributed by atoms with Crippen molar-refractivity contribution in [1.29, 1.82) is 0 Å². The first kappa shape index (κ1) is 12.9. The highest BCUT2D eigenvalue weighted by molar-refractivity contribution is 5.74. The molecule has 0 unspecified atom stereocenters. The van der Waals surface area contributed by atoms with E-state index in [-0.39, 0.29) is 12.1 Å². The number of nitrogens with one attached hydrogen (secondary N) is 1. The van der Waals surface area contributed by atoms with Crippen molar-refractivity contribution < 1.29 is 4.79 Å². The molecule has 1 N–H and O–H groups in total. The number of rotatable bonds is 5. The maximum atomic E-state index is 12.1. The topological polar surface area (TPSA) is 63.1 Å². The van der Waals surface area contributed by atoms with Crippen LogP contribution in [-0.4, -0.2) is 38.5 Å². The van der Waals surface area contributed by atoms with Crippen LogP contribution in [-0.2, 0) is 13.6 Å². The van der Waals surface area contributed by atoms with Gasteiger partial charge in [-0.1, -0.05) is 5.21 Å². The van der Waals surface area contributed by atoms with Gasteiger partial charge in [0.25, 0.3) is 0 Å². The molecule has 0 saturated heterocycles. The van der Waals surface area contributed by atoms with E-state index in [0.717, 1.165) is 12.2 Å². The van der Waals surface area contributed by atoms with Crippen molar-refractivity contribution in [2.75, 3.05) is 6.54 Å². The van der Waals surface area contributed by atoms with Crippen LogP contribution in [0.3, 0.4) is 0 Å². The van der Waals surface area contributed by atoms with Crippen molar-refractivity contribution in [3.63, 3.8) is 0 Å². The fourth-order valence-electron chi connectivity index (χ4n) is 1.85. The standard InChI is InChI=1S/C12H21N5O/c1-9(2)17(7-10-4-5-10)12(18)13-6-11-8-16(3)15-14-11/h8-10H,4-7H2,1-3H3,(H,13,18). The minimum atomic E-state index is -0.0115. The molecule has 0 spiro atoms. The Labute approximate surface area is 107 Å². The van der Waals surface area contributed by atoms with E-state index in [9.17, 15) is 4.79 Å². The Morgan fingerprint density at radius 3 is 2.83 bits per heavy atom.